The molecule has 0 aromatic rings. The van der Waals surface area contributed by atoms with Gasteiger partial charge in [-0.05, 0) is 32.9 Å². The second kappa shape index (κ2) is 6.01. The molecule has 1 aliphatic rings. The molecule has 4 nitrogen and oxygen atoms in total. The first kappa shape index (κ1) is 13.2. The highest BCUT2D eigenvalue weighted by atomic mass is 16.3. The van der Waals surface area contributed by atoms with Gasteiger partial charge in [-0.3, -0.25) is 4.79 Å². The summed E-state index contributed by atoms with van der Waals surface area (Å²) in [5, 5.41) is 12.7. The van der Waals surface area contributed by atoms with Gasteiger partial charge in [0.2, 0.25) is 0 Å². The van der Waals surface area contributed by atoms with Crippen LogP contribution in [0.25, 0.3) is 0 Å². The fourth-order valence-corrected chi connectivity index (χ4v) is 2.07. The van der Waals surface area contributed by atoms with Crippen LogP contribution in [0.2, 0.25) is 0 Å². The Morgan fingerprint density at radius 1 is 1.44 bits per heavy atom. The molecular formula is C12H22N2O2. The lowest BCUT2D eigenvalue weighted by atomic mass is 9.86. The van der Waals surface area contributed by atoms with Gasteiger partial charge < -0.3 is 15.3 Å². The maximum absolute atomic E-state index is 11.3. The molecule has 4 heteroatoms. The Balaban J connectivity index is 2.44. The summed E-state index contributed by atoms with van der Waals surface area (Å²) in [7, 11) is 3.88. The third-order valence-corrected chi connectivity index (χ3v) is 3.05. The Morgan fingerprint density at radius 2 is 2.12 bits per heavy atom. The summed E-state index contributed by atoms with van der Waals surface area (Å²) in [6.45, 7) is 3.85. The van der Waals surface area contributed by atoms with Crippen LogP contribution in [0.15, 0.2) is 11.3 Å². The van der Waals surface area contributed by atoms with Crippen molar-refractivity contribution < 1.29 is 9.90 Å². The number of ketones is 1. The summed E-state index contributed by atoms with van der Waals surface area (Å²) < 4.78 is 0. The summed E-state index contributed by atoms with van der Waals surface area (Å²) in [5.41, 5.74) is 1.63. The minimum Gasteiger partial charge on any atom is -0.379 e. The zero-order valence-corrected chi connectivity index (χ0v) is 10.4. The van der Waals surface area contributed by atoms with E-state index in [0.717, 1.165) is 37.2 Å². The van der Waals surface area contributed by atoms with Crippen LogP contribution in [0.1, 0.15) is 26.2 Å². The van der Waals surface area contributed by atoms with Crippen molar-refractivity contribution in [3.05, 3.63) is 11.3 Å². The van der Waals surface area contributed by atoms with Crippen LogP contribution in [0.4, 0.5) is 0 Å². The molecule has 1 atom stereocenters. The topological polar surface area (TPSA) is 52.6 Å². The van der Waals surface area contributed by atoms with Crippen molar-refractivity contribution in [3.8, 4) is 0 Å². The normalized spacial score (nSPS) is 20.0. The van der Waals surface area contributed by atoms with Crippen LogP contribution in [0.5, 0.6) is 0 Å². The third-order valence-electron chi connectivity index (χ3n) is 3.05. The average Bonchev–Trinajstić information content (AvgIpc) is 2.29. The molecule has 1 aliphatic carbocycles. The number of nitrogens with zero attached hydrogens (tertiary/aromatic N) is 1. The quantitative estimate of drug-likeness (QED) is 0.622. The summed E-state index contributed by atoms with van der Waals surface area (Å²) in [5.74, 6) is -0.0976. The van der Waals surface area contributed by atoms with E-state index in [1.165, 1.54) is 0 Å². The predicted octanol–water partition coefficient (Wildman–Crippen LogP) is 0.525. The van der Waals surface area contributed by atoms with E-state index in [0.29, 0.717) is 6.42 Å². The van der Waals surface area contributed by atoms with Gasteiger partial charge in [0.15, 0.2) is 11.9 Å². The Morgan fingerprint density at radius 3 is 2.69 bits per heavy atom. The van der Waals surface area contributed by atoms with Crippen LogP contribution >= 0.6 is 0 Å². The number of carbonyl (C=O) groups excluding carboxylic acids is 1. The van der Waals surface area contributed by atoms with Crippen LogP contribution < -0.4 is 5.32 Å². The van der Waals surface area contributed by atoms with E-state index in [1.807, 2.05) is 25.9 Å². The number of hydrogen-bond donors (Lipinski definition) is 2. The highest BCUT2D eigenvalue weighted by molar-refractivity contribution is 6.08. The van der Waals surface area contributed by atoms with Gasteiger partial charge in [0.1, 0.15) is 0 Å². The first-order valence-corrected chi connectivity index (χ1v) is 5.94. The summed E-state index contributed by atoms with van der Waals surface area (Å²) in [6.07, 6.45) is 2.02. The molecule has 0 heterocycles. The molecular weight excluding hydrogens is 204 g/mol. The van der Waals surface area contributed by atoms with E-state index in [2.05, 4.69) is 5.32 Å². The molecule has 1 unspecified atom stereocenters. The molecule has 0 aromatic carbocycles. The minimum absolute atomic E-state index is 0.0976. The van der Waals surface area contributed by atoms with Crippen molar-refractivity contribution in [1.29, 1.82) is 0 Å². The minimum atomic E-state index is -0.871. The molecule has 1 rings (SSSR count). The van der Waals surface area contributed by atoms with E-state index in [9.17, 15) is 9.90 Å². The molecule has 0 aliphatic heterocycles. The van der Waals surface area contributed by atoms with E-state index in [4.69, 9.17) is 0 Å². The van der Waals surface area contributed by atoms with E-state index >= 15 is 0 Å². The van der Waals surface area contributed by atoms with Crippen molar-refractivity contribution in [2.45, 2.75) is 32.3 Å². The maximum atomic E-state index is 11.3. The molecule has 0 amide bonds. The van der Waals surface area contributed by atoms with Crippen molar-refractivity contribution in [2.24, 2.45) is 0 Å². The standard InChI is InChI=1S/C12H22N2O2/c1-4-9-10(12(16)11(9)15)14(3)8-6-5-7-13-2/h12-13,16H,4-8H2,1-3H3. The van der Waals surface area contributed by atoms with Crippen LogP contribution in [0.3, 0.4) is 0 Å². The number of aliphatic hydroxyl groups is 1. The van der Waals surface area contributed by atoms with Crippen molar-refractivity contribution >= 4 is 5.78 Å². The van der Waals surface area contributed by atoms with E-state index < -0.39 is 6.10 Å². The number of Topliss-reactive ketones (excluding diaryl/α,β-unsaturated/α-hetero) is 1. The monoisotopic (exact) mass is 226 g/mol. The van der Waals surface area contributed by atoms with Gasteiger partial charge >= 0.3 is 0 Å². The lowest BCUT2D eigenvalue weighted by Crippen LogP contribution is -2.44. The maximum Gasteiger partial charge on any atom is 0.195 e. The molecule has 0 spiro atoms. The predicted molar refractivity (Wildman–Crippen MR) is 64.1 cm³/mol. The van der Waals surface area contributed by atoms with Crippen LogP contribution in [0, 0.1) is 0 Å². The smallest absolute Gasteiger partial charge is 0.195 e. The number of unbranched alkanes of at least 4 members (excludes halogenated alkanes) is 1. The molecule has 0 saturated heterocycles. The first-order valence-electron chi connectivity index (χ1n) is 5.94. The van der Waals surface area contributed by atoms with Crippen molar-refractivity contribution in [2.75, 3.05) is 27.2 Å². The lowest BCUT2D eigenvalue weighted by Gasteiger charge is -2.35. The zero-order chi connectivity index (χ0) is 12.1. The van der Waals surface area contributed by atoms with Gasteiger partial charge in [-0.1, -0.05) is 6.92 Å². The van der Waals surface area contributed by atoms with Crippen molar-refractivity contribution in [3.63, 3.8) is 0 Å². The largest absolute Gasteiger partial charge is 0.379 e. The molecule has 0 bridgehead atoms. The average molecular weight is 226 g/mol. The van der Waals surface area contributed by atoms with E-state index in [1.54, 1.807) is 0 Å². The number of aliphatic hydroxyl groups excluding tert-OH is 1. The summed E-state index contributed by atoms with van der Waals surface area (Å²) in [6, 6.07) is 0. The van der Waals surface area contributed by atoms with Crippen LogP contribution in [-0.4, -0.2) is 49.1 Å². The number of rotatable bonds is 7. The molecule has 0 aromatic heterocycles. The van der Waals surface area contributed by atoms with Crippen molar-refractivity contribution in [1.82, 2.24) is 10.2 Å². The second-order valence-electron chi connectivity index (χ2n) is 4.22. The zero-order valence-electron chi connectivity index (χ0n) is 10.4. The Bertz CT molecular complexity index is 287. The fourth-order valence-electron chi connectivity index (χ4n) is 2.07. The Hall–Kier alpha value is -0.870. The molecule has 92 valence electrons. The Kier molecular flexibility index (Phi) is 4.96. The molecule has 0 saturated carbocycles. The van der Waals surface area contributed by atoms with Gasteiger partial charge in [0.05, 0.1) is 5.70 Å². The number of carbonyl (C=O) groups is 1. The SMILES string of the molecule is CCC1=C(N(C)CCCCNC)C(O)C1=O. The van der Waals surface area contributed by atoms with E-state index in [-0.39, 0.29) is 5.78 Å². The molecule has 0 fully saturated rings. The number of likely N-dealkylation sites (N-methyl/N-ethyl adjacent to an activating group) is 1. The number of hydrogen-bond acceptors (Lipinski definition) is 4. The van der Waals surface area contributed by atoms with Gasteiger partial charge in [0.25, 0.3) is 0 Å². The molecule has 16 heavy (non-hydrogen) atoms. The van der Waals surface area contributed by atoms with Gasteiger partial charge in [-0.15, -0.1) is 0 Å². The Labute approximate surface area is 97.3 Å². The lowest BCUT2D eigenvalue weighted by molar-refractivity contribution is -0.126. The summed E-state index contributed by atoms with van der Waals surface area (Å²) >= 11 is 0. The van der Waals surface area contributed by atoms with Gasteiger partial charge in [-0.25, -0.2) is 0 Å². The summed E-state index contributed by atoms with van der Waals surface area (Å²) in [4.78, 5) is 13.4. The number of nitrogens with one attached hydrogen (secondary N) is 1. The molecule has 2 N–H and O–H groups in total. The first-order chi connectivity index (χ1) is 7.63. The fraction of sp³-hybridized carbons (Fsp3) is 0.750. The van der Waals surface area contributed by atoms with Gasteiger partial charge in [0, 0.05) is 19.2 Å². The highest BCUT2D eigenvalue weighted by Gasteiger charge is 2.38. The third kappa shape index (κ3) is 2.62. The molecule has 0 radical (unpaired) electrons. The van der Waals surface area contributed by atoms with Crippen LogP contribution in [-0.2, 0) is 4.79 Å². The highest BCUT2D eigenvalue weighted by Crippen LogP contribution is 2.29. The second-order valence-corrected chi connectivity index (χ2v) is 4.22. The van der Waals surface area contributed by atoms with Gasteiger partial charge in [-0.2, -0.15) is 0 Å².